The molecule has 0 unspecified atom stereocenters. The molecule has 258 valence electrons. The molecule has 0 aliphatic heterocycles. The van der Waals surface area contributed by atoms with Gasteiger partial charge in [0.1, 0.15) is 0 Å². The predicted molar refractivity (Wildman–Crippen MR) is 232 cm³/mol. The molecule has 0 amide bonds. The summed E-state index contributed by atoms with van der Waals surface area (Å²) in [7, 11) is 0. The minimum Gasteiger partial charge on any atom is -0.0622 e. The lowest BCUT2D eigenvalue weighted by Crippen LogP contribution is -2.05. The van der Waals surface area contributed by atoms with Gasteiger partial charge in [-0.05, 0) is 149 Å². The molecule has 0 atom stereocenters. The third-order valence-corrected chi connectivity index (χ3v) is 11.8. The van der Waals surface area contributed by atoms with E-state index in [-0.39, 0.29) is 0 Å². The average molecular weight is 691 g/mol. The van der Waals surface area contributed by atoms with Crippen LogP contribution in [0.3, 0.4) is 0 Å². The van der Waals surface area contributed by atoms with Crippen molar-refractivity contribution in [1.29, 1.82) is 0 Å². The topological polar surface area (TPSA) is 0 Å². The lowest BCUT2D eigenvalue weighted by Gasteiger charge is -2.25. The highest BCUT2D eigenvalue weighted by atomic mass is 14.3. The standard InChI is InChI=1S/C54H42/c1-5-17-37(18-6-1)43-29-44(38-19-7-2-8-20-38)32-47(31-43)53-49-27-15-16-28-50(49)54(52-36-42-26-14-13-25-41(42)35-51(52)53)48-33-45(39-21-9-3-10-22-39)30-46(34-48)40-23-11-4-12-24-40/h1-3,5-10,13-22,25-36,40H,4,11-12,23-24H2. The molecule has 0 nitrogen and oxygen atoms in total. The van der Waals surface area contributed by atoms with Crippen molar-refractivity contribution in [3.63, 3.8) is 0 Å². The van der Waals surface area contributed by atoms with Gasteiger partial charge in [-0.25, -0.2) is 0 Å². The predicted octanol–water partition coefficient (Wildman–Crippen LogP) is 15.5. The van der Waals surface area contributed by atoms with Gasteiger partial charge in [-0.15, -0.1) is 0 Å². The highest BCUT2D eigenvalue weighted by molar-refractivity contribution is 6.24. The molecular formula is C54H42. The molecule has 9 aromatic carbocycles. The molecule has 0 N–H and O–H groups in total. The van der Waals surface area contributed by atoms with E-state index in [0.29, 0.717) is 5.92 Å². The van der Waals surface area contributed by atoms with Gasteiger partial charge in [0.15, 0.2) is 0 Å². The van der Waals surface area contributed by atoms with Crippen molar-refractivity contribution in [2.75, 3.05) is 0 Å². The third-order valence-electron chi connectivity index (χ3n) is 11.8. The minimum absolute atomic E-state index is 0.593. The summed E-state index contributed by atoms with van der Waals surface area (Å²) in [6, 6.07) is 70.3. The molecule has 0 saturated heterocycles. The maximum absolute atomic E-state index is 2.54. The van der Waals surface area contributed by atoms with Gasteiger partial charge in [0.05, 0.1) is 0 Å². The van der Waals surface area contributed by atoms with Crippen LogP contribution in [0.25, 0.3) is 88.0 Å². The van der Waals surface area contributed by atoms with E-state index in [2.05, 4.69) is 188 Å². The van der Waals surface area contributed by atoms with Crippen LogP contribution in [-0.2, 0) is 0 Å². The molecule has 0 radical (unpaired) electrons. The fraction of sp³-hybridized carbons (Fsp3) is 0.111. The second-order valence-corrected chi connectivity index (χ2v) is 15.1. The fourth-order valence-electron chi connectivity index (χ4n) is 9.12. The van der Waals surface area contributed by atoms with E-state index in [9.17, 15) is 0 Å². The number of rotatable bonds is 6. The van der Waals surface area contributed by atoms with Crippen LogP contribution in [0.1, 0.15) is 43.6 Å². The Morgan fingerprint density at radius 1 is 0.278 bits per heavy atom. The second-order valence-electron chi connectivity index (χ2n) is 15.1. The van der Waals surface area contributed by atoms with Gasteiger partial charge in [0, 0.05) is 0 Å². The van der Waals surface area contributed by atoms with Crippen LogP contribution in [0.5, 0.6) is 0 Å². The summed E-state index contributed by atoms with van der Waals surface area (Å²) < 4.78 is 0. The van der Waals surface area contributed by atoms with Crippen molar-refractivity contribution in [3.05, 3.63) is 194 Å². The molecule has 1 aliphatic carbocycles. The second kappa shape index (κ2) is 14.0. The monoisotopic (exact) mass is 690 g/mol. The summed E-state index contributed by atoms with van der Waals surface area (Å²) in [4.78, 5) is 0. The van der Waals surface area contributed by atoms with Crippen molar-refractivity contribution in [1.82, 2.24) is 0 Å². The van der Waals surface area contributed by atoms with Gasteiger partial charge in [0.2, 0.25) is 0 Å². The zero-order chi connectivity index (χ0) is 35.8. The lowest BCUT2D eigenvalue weighted by molar-refractivity contribution is 0.444. The van der Waals surface area contributed by atoms with Crippen LogP contribution in [0.15, 0.2) is 188 Å². The van der Waals surface area contributed by atoms with Gasteiger partial charge in [-0.2, -0.15) is 0 Å². The summed E-state index contributed by atoms with van der Waals surface area (Å²) >= 11 is 0. The quantitative estimate of drug-likeness (QED) is 0.152. The molecule has 1 fully saturated rings. The first-order valence-electron chi connectivity index (χ1n) is 19.6. The molecule has 0 spiro atoms. The summed E-state index contributed by atoms with van der Waals surface area (Å²) in [5.74, 6) is 0.593. The van der Waals surface area contributed by atoms with Crippen LogP contribution >= 0.6 is 0 Å². The molecular weight excluding hydrogens is 649 g/mol. The van der Waals surface area contributed by atoms with Gasteiger partial charge < -0.3 is 0 Å². The zero-order valence-electron chi connectivity index (χ0n) is 30.5. The van der Waals surface area contributed by atoms with Gasteiger partial charge in [-0.3, -0.25) is 0 Å². The first-order valence-corrected chi connectivity index (χ1v) is 19.6. The molecule has 10 rings (SSSR count). The van der Waals surface area contributed by atoms with Crippen LogP contribution in [-0.4, -0.2) is 0 Å². The van der Waals surface area contributed by atoms with E-state index < -0.39 is 0 Å². The summed E-state index contributed by atoms with van der Waals surface area (Å²) in [5, 5.41) is 7.69. The molecule has 54 heavy (non-hydrogen) atoms. The van der Waals surface area contributed by atoms with E-state index in [1.807, 2.05) is 0 Å². The summed E-state index contributed by atoms with van der Waals surface area (Å²) in [6.07, 6.45) is 6.52. The third kappa shape index (κ3) is 5.99. The molecule has 0 aromatic heterocycles. The van der Waals surface area contributed by atoms with Crippen molar-refractivity contribution in [2.24, 2.45) is 0 Å². The highest BCUT2D eigenvalue weighted by Gasteiger charge is 2.22. The van der Waals surface area contributed by atoms with Crippen LogP contribution in [0, 0.1) is 0 Å². The van der Waals surface area contributed by atoms with E-state index in [1.165, 1.54) is 126 Å². The Morgan fingerprint density at radius 2 is 0.648 bits per heavy atom. The number of hydrogen-bond acceptors (Lipinski definition) is 0. The Bertz CT molecular complexity index is 2710. The number of benzene rings is 9. The molecule has 1 saturated carbocycles. The Kier molecular flexibility index (Phi) is 8.38. The first-order chi connectivity index (χ1) is 26.8. The Hall–Kier alpha value is -6.24. The Labute approximate surface area is 318 Å². The molecule has 0 heterocycles. The van der Waals surface area contributed by atoms with E-state index in [4.69, 9.17) is 0 Å². The lowest BCUT2D eigenvalue weighted by atomic mass is 9.80. The highest BCUT2D eigenvalue weighted by Crippen LogP contribution is 2.48. The van der Waals surface area contributed by atoms with Crippen molar-refractivity contribution < 1.29 is 0 Å². The van der Waals surface area contributed by atoms with Crippen molar-refractivity contribution in [3.8, 4) is 55.6 Å². The Morgan fingerprint density at radius 3 is 1.13 bits per heavy atom. The number of fused-ring (bicyclic) bond motifs is 3. The van der Waals surface area contributed by atoms with Gasteiger partial charge in [-0.1, -0.05) is 171 Å². The molecule has 0 heteroatoms. The van der Waals surface area contributed by atoms with Crippen LogP contribution < -0.4 is 0 Å². The average Bonchev–Trinajstić information content (AvgIpc) is 3.25. The maximum atomic E-state index is 2.54. The van der Waals surface area contributed by atoms with Gasteiger partial charge in [0.25, 0.3) is 0 Å². The Balaban J connectivity index is 1.31. The van der Waals surface area contributed by atoms with Crippen molar-refractivity contribution >= 4 is 32.3 Å². The summed E-state index contributed by atoms with van der Waals surface area (Å²) in [5.41, 5.74) is 14.1. The number of hydrogen-bond donors (Lipinski definition) is 0. The minimum atomic E-state index is 0.593. The SMILES string of the molecule is c1ccc(-c2cc(-c3ccccc3)cc(-c3c4ccccc4c(-c4cc(-c5ccccc5)cc(C5CCCCC5)c4)c4cc5ccccc5cc34)c2)cc1. The van der Waals surface area contributed by atoms with E-state index in [0.717, 1.165) is 0 Å². The van der Waals surface area contributed by atoms with Crippen LogP contribution in [0.4, 0.5) is 0 Å². The van der Waals surface area contributed by atoms with E-state index >= 15 is 0 Å². The largest absolute Gasteiger partial charge is 0.0622 e. The fourth-order valence-corrected chi connectivity index (χ4v) is 9.12. The normalized spacial score (nSPS) is 13.5. The van der Waals surface area contributed by atoms with Crippen LogP contribution in [0.2, 0.25) is 0 Å². The molecule has 9 aromatic rings. The van der Waals surface area contributed by atoms with Crippen molar-refractivity contribution in [2.45, 2.75) is 38.0 Å². The first kappa shape index (κ1) is 32.4. The van der Waals surface area contributed by atoms with Gasteiger partial charge >= 0.3 is 0 Å². The molecule has 0 bridgehead atoms. The zero-order valence-corrected chi connectivity index (χ0v) is 30.5. The van der Waals surface area contributed by atoms with E-state index in [1.54, 1.807) is 0 Å². The smallest absolute Gasteiger partial charge is 0.00257 e. The maximum Gasteiger partial charge on any atom is -0.00257 e. The molecule has 1 aliphatic rings. The summed E-state index contributed by atoms with van der Waals surface area (Å²) in [6.45, 7) is 0.